The number of nitriles is 1. The largest absolute Gasteiger partial charge is 0.368 e. The first kappa shape index (κ1) is 18.6. The molecule has 8 heteroatoms. The first-order valence-corrected chi connectivity index (χ1v) is 9.35. The minimum Gasteiger partial charge on any atom is -0.368 e. The normalized spacial score (nSPS) is 14.1. The summed E-state index contributed by atoms with van der Waals surface area (Å²) in [6, 6.07) is 9.57. The quantitative estimate of drug-likeness (QED) is 0.660. The number of hydrogen-bond acceptors (Lipinski definition) is 6. The molecule has 1 amide bonds. The Bertz CT molecular complexity index is 1200. The van der Waals surface area contributed by atoms with Crippen LogP contribution in [0.25, 0.3) is 10.8 Å². The van der Waals surface area contributed by atoms with Gasteiger partial charge in [-0.3, -0.25) is 14.6 Å². The number of benzene rings is 1. The van der Waals surface area contributed by atoms with Crippen molar-refractivity contribution in [3.05, 3.63) is 63.8 Å². The number of fused-ring (bicyclic) bond motifs is 1. The second kappa shape index (κ2) is 7.36. The smallest absolute Gasteiger partial charge is 0.275 e. The second-order valence-corrected chi connectivity index (χ2v) is 7.15. The molecule has 8 nitrogen and oxygen atoms in total. The Morgan fingerprint density at radius 1 is 1.14 bits per heavy atom. The average Bonchev–Trinajstić information content (AvgIpc) is 2.75. The van der Waals surface area contributed by atoms with Crippen LogP contribution in [0.4, 0.5) is 5.69 Å². The minimum absolute atomic E-state index is 0.208. The maximum absolute atomic E-state index is 13.1. The molecule has 1 saturated heterocycles. The molecular formula is C21H20N6O2. The van der Waals surface area contributed by atoms with E-state index in [0.29, 0.717) is 42.5 Å². The summed E-state index contributed by atoms with van der Waals surface area (Å²) in [6.07, 6.45) is 3.05. The minimum atomic E-state index is -0.253. The van der Waals surface area contributed by atoms with Crippen molar-refractivity contribution in [2.24, 2.45) is 7.05 Å². The Morgan fingerprint density at radius 3 is 2.62 bits per heavy atom. The van der Waals surface area contributed by atoms with Gasteiger partial charge in [0.2, 0.25) is 0 Å². The van der Waals surface area contributed by atoms with Gasteiger partial charge in [0.15, 0.2) is 5.69 Å². The summed E-state index contributed by atoms with van der Waals surface area (Å²) in [5.41, 5.74) is 2.64. The monoisotopic (exact) mass is 388 g/mol. The molecule has 1 aliphatic rings. The molecule has 4 rings (SSSR count). The summed E-state index contributed by atoms with van der Waals surface area (Å²) in [4.78, 5) is 33.4. The van der Waals surface area contributed by atoms with E-state index in [1.807, 2.05) is 25.1 Å². The number of aryl methyl sites for hydroxylation is 2. The molecule has 0 saturated carbocycles. The summed E-state index contributed by atoms with van der Waals surface area (Å²) in [6.45, 7) is 4.33. The van der Waals surface area contributed by atoms with E-state index in [1.165, 1.54) is 17.1 Å². The Balaban J connectivity index is 1.57. The highest BCUT2D eigenvalue weighted by Gasteiger charge is 2.26. The molecule has 0 N–H and O–H groups in total. The zero-order valence-corrected chi connectivity index (χ0v) is 16.3. The van der Waals surface area contributed by atoms with Crippen LogP contribution in [0.1, 0.15) is 21.6 Å². The van der Waals surface area contributed by atoms with E-state index in [-0.39, 0.29) is 17.2 Å². The fraction of sp³-hybridized carbons (Fsp3) is 0.286. The van der Waals surface area contributed by atoms with Crippen LogP contribution >= 0.6 is 0 Å². The molecule has 0 aliphatic carbocycles. The highest BCUT2D eigenvalue weighted by molar-refractivity contribution is 6.04. The van der Waals surface area contributed by atoms with Crippen LogP contribution in [0.5, 0.6) is 0 Å². The van der Waals surface area contributed by atoms with Crippen LogP contribution in [-0.2, 0) is 7.05 Å². The van der Waals surface area contributed by atoms with Gasteiger partial charge >= 0.3 is 0 Å². The molecule has 0 spiro atoms. The van der Waals surface area contributed by atoms with E-state index in [0.717, 1.165) is 11.3 Å². The van der Waals surface area contributed by atoms with Crippen molar-refractivity contribution in [1.29, 1.82) is 5.26 Å². The van der Waals surface area contributed by atoms with Crippen molar-refractivity contribution >= 4 is 22.4 Å². The summed E-state index contributed by atoms with van der Waals surface area (Å²) < 4.78 is 1.20. The third-order valence-electron chi connectivity index (χ3n) is 5.18. The summed E-state index contributed by atoms with van der Waals surface area (Å²) in [5, 5.41) is 14.3. The van der Waals surface area contributed by atoms with Gasteiger partial charge in [-0.25, -0.2) is 4.68 Å². The first-order valence-electron chi connectivity index (χ1n) is 9.35. The summed E-state index contributed by atoms with van der Waals surface area (Å²) >= 11 is 0. The number of pyridine rings is 1. The number of amides is 1. The fourth-order valence-corrected chi connectivity index (χ4v) is 3.68. The van der Waals surface area contributed by atoms with Gasteiger partial charge < -0.3 is 9.80 Å². The van der Waals surface area contributed by atoms with Crippen LogP contribution in [0, 0.1) is 18.3 Å². The maximum Gasteiger partial charge on any atom is 0.275 e. The fourth-order valence-electron chi connectivity index (χ4n) is 3.68. The van der Waals surface area contributed by atoms with Crippen LogP contribution in [0.2, 0.25) is 0 Å². The molecular weight excluding hydrogens is 368 g/mol. The molecule has 1 aromatic carbocycles. The Morgan fingerprint density at radius 2 is 1.90 bits per heavy atom. The van der Waals surface area contributed by atoms with Gasteiger partial charge in [-0.15, -0.1) is 0 Å². The maximum atomic E-state index is 13.1. The van der Waals surface area contributed by atoms with E-state index < -0.39 is 0 Å². The number of piperazine rings is 1. The number of carbonyl (C=O) groups excluding carboxylic acids is 1. The number of hydrogen-bond donors (Lipinski definition) is 0. The molecule has 1 fully saturated rings. The molecule has 0 atom stereocenters. The number of anilines is 1. The lowest BCUT2D eigenvalue weighted by molar-refractivity contribution is 0.0740. The Labute approximate surface area is 167 Å². The molecule has 146 valence electrons. The molecule has 0 bridgehead atoms. The lowest BCUT2D eigenvalue weighted by Crippen LogP contribution is -2.49. The van der Waals surface area contributed by atoms with Gasteiger partial charge in [0.1, 0.15) is 0 Å². The number of rotatable bonds is 2. The van der Waals surface area contributed by atoms with Crippen molar-refractivity contribution in [3.8, 4) is 6.07 Å². The molecule has 0 unspecified atom stereocenters. The van der Waals surface area contributed by atoms with Crippen molar-refractivity contribution in [1.82, 2.24) is 19.7 Å². The van der Waals surface area contributed by atoms with E-state index >= 15 is 0 Å². The predicted molar refractivity (Wildman–Crippen MR) is 109 cm³/mol. The van der Waals surface area contributed by atoms with Crippen LogP contribution in [0.3, 0.4) is 0 Å². The van der Waals surface area contributed by atoms with Crippen LogP contribution in [-0.4, -0.2) is 51.8 Å². The van der Waals surface area contributed by atoms with Crippen molar-refractivity contribution in [3.63, 3.8) is 0 Å². The second-order valence-electron chi connectivity index (χ2n) is 7.15. The molecule has 3 aromatic rings. The van der Waals surface area contributed by atoms with Crippen molar-refractivity contribution in [2.75, 3.05) is 31.1 Å². The van der Waals surface area contributed by atoms with Gasteiger partial charge in [-0.1, -0.05) is 0 Å². The Hall–Kier alpha value is -3.73. The molecule has 29 heavy (non-hydrogen) atoms. The summed E-state index contributed by atoms with van der Waals surface area (Å²) in [5.74, 6) is -0.208. The van der Waals surface area contributed by atoms with Crippen LogP contribution in [0.15, 0.2) is 41.5 Å². The molecule has 1 aliphatic heterocycles. The van der Waals surface area contributed by atoms with E-state index in [2.05, 4.69) is 21.1 Å². The Kier molecular flexibility index (Phi) is 4.72. The van der Waals surface area contributed by atoms with Crippen molar-refractivity contribution < 1.29 is 4.79 Å². The number of carbonyl (C=O) groups is 1. The zero-order chi connectivity index (χ0) is 20.5. The lowest BCUT2D eigenvalue weighted by atomic mass is 10.1. The highest BCUT2D eigenvalue weighted by Crippen LogP contribution is 2.21. The first-order chi connectivity index (χ1) is 14.0. The molecule has 3 heterocycles. The van der Waals surface area contributed by atoms with Gasteiger partial charge in [0, 0.05) is 56.7 Å². The zero-order valence-electron chi connectivity index (χ0n) is 16.3. The highest BCUT2D eigenvalue weighted by atomic mass is 16.2. The third-order valence-corrected chi connectivity index (χ3v) is 5.18. The molecule has 0 radical (unpaired) electrons. The van der Waals surface area contributed by atoms with Gasteiger partial charge in [-0.2, -0.15) is 10.4 Å². The van der Waals surface area contributed by atoms with E-state index in [9.17, 15) is 14.9 Å². The number of aromatic nitrogens is 3. The van der Waals surface area contributed by atoms with Gasteiger partial charge in [-0.05, 0) is 36.8 Å². The SMILES string of the molecule is Cc1cc(C#N)cc(N2CCN(C(=O)c3nn(C)c(=O)c4ccncc34)CC2)c1. The average molecular weight is 388 g/mol. The standard InChI is InChI=1S/C21H20N6O2/c1-14-9-15(12-22)11-16(10-14)26-5-7-27(8-6-26)21(29)19-18-13-23-4-3-17(18)20(28)25(2)24-19/h3-4,9-11,13H,5-8H2,1-2H3. The third kappa shape index (κ3) is 3.43. The van der Waals surface area contributed by atoms with E-state index in [1.54, 1.807) is 18.0 Å². The van der Waals surface area contributed by atoms with E-state index in [4.69, 9.17) is 0 Å². The van der Waals surface area contributed by atoms with Gasteiger partial charge in [0.05, 0.1) is 17.0 Å². The topological polar surface area (TPSA) is 95.1 Å². The number of nitrogens with zero attached hydrogens (tertiary/aromatic N) is 6. The lowest BCUT2D eigenvalue weighted by Gasteiger charge is -2.36. The molecule has 2 aromatic heterocycles. The summed E-state index contributed by atoms with van der Waals surface area (Å²) in [7, 11) is 1.54. The van der Waals surface area contributed by atoms with Crippen LogP contribution < -0.4 is 10.5 Å². The van der Waals surface area contributed by atoms with Gasteiger partial charge in [0.25, 0.3) is 11.5 Å². The van der Waals surface area contributed by atoms with Crippen molar-refractivity contribution in [2.45, 2.75) is 6.92 Å². The predicted octanol–water partition coefficient (Wildman–Crippen LogP) is 1.47.